The van der Waals surface area contributed by atoms with Gasteiger partial charge in [0.25, 0.3) is 0 Å². The summed E-state index contributed by atoms with van der Waals surface area (Å²) < 4.78 is 53.5. The Morgan fingerprint density at radius 1 is 1.06 bits per heavy atom. The number of benzene rings is 2. The monoisotopic (exact) mass is 452 g/mol. The van der Waals surface area contributed by atoms with Crippen molar-refractivity contribution in [2.45, 2.75) is 19.2 Å². The summed E-state index contributed by atoms with van der Waals surface area (Å²) >= 11 is 1.49. The Kier molecular flexibility index (Phi) is 6.23. The number of hydrogen-bond donors (Lipinski definition) is 1. The molecular formula is C23H24F4N2OS. The second-order valence-corrected chi connectivity index (χ2v) is 9.00. The summed E-state index contributed by atoms with van der Waals surface area (Å²) in [7, 11) is 0. The quantitative estimate of drug-likeness (QED) is 0.514. The predicted octanol–water partition coefficient (Wildman–Crippen LogP) is 5.55. The third-order valence-corrected chi connectivity index (χ3v) is 6.86. The molecule has 2 unspecified atom stereocenters. The van der Waals surface area contributed by atoms with Gasteiger partial charge < -0.3 is 10.0 Å². The van der Waals surface area contributed by atoms with Crippen molar-refractivity contribution in [2.75, 3.05) is 37.6 Å². The van der Waals surface area contributed by atoms with Gasteiger partial charge in [-0.15, -0.1) is 11.3 Å². The molecule has 166 valence electrons. The normalized spacial score (nSPS) is 17.8. The van der Waals surface area contributed by atoms with Gasteiger partial charge in [-0.25, -0.2) is 4.39 Å². The van der Waals surface area contributed by atoms with Crippen LogP contribution in [0.25, 0.3) is 10.1 Å². The van der Waals surface area contributed by atoms with Gasteiger partial charge in [-0.3, -0.25) is 4.90 Å². The number of halogens is 4. The molecule has 0 spiro atoms. The van der Waals surface area contributed by atoms with E-state index < -0.39 is 17.8 Å². The maximum atomic E-state index is 13.6. The van der Waals surface area contributed by atoms with Crippen LogP contribution in [-0.4, -0.2) is 42.7 Å². The van der Waals surface area contributed by atoms with Crippen molar-refractivity contribution in [3.63, 3.8) is 0 Å². The Labute approximate surface area is 182 Å². The van der Waals surface area contributed by atoms with Crippen molar-refractivity contribution in [3.8, 4) is 0 Å². The number of aliphatic hydroxyl groups excluding tert-OH is 1. The summed E-state index contributed by atoms with van der Waals surface area (Å²) in [6, 6.07) is 10.0. The zero-order chi connectivity index (χ0) is 22.2. The van der Waals surface area contributed by atoms with Crippen LogP contribution in [0.15, 0.2) is 47.8 Å². The molecule has 0 bridgehead atoms. The van der Waals surface area contributed by atoms with Crippen LogP contribution in [0, 0.1) is 11.7 Å². The highest BCUT2D eigenvalue weighted by Crippen LogP contribution is 2.35. The maximum Gasteiger partial charge on any atom is 0.416 e. The van der Waals surface area contributed by atoms with E-state index in [-0.39, 0.29) is 11.7 Å². The molecule has 1 saturated heterocycles. The van der Waals surface area contributed by atoms with E-state index in [1.165, 1.54) is 35.6 Å². The highest BCUT2D eigenvalue weighted by Gasteiger charge is 2.31. The van der Waals surface area contributed by atoms with Crippen LogP contribution < -0.4 is 4.90 Å². The fourth-order valence-electron chi connectivity index (χ4n) is 4.13. The number of hydrogen-bond acceptors (Lipinski definition) is 4. The average molecular weight is 453 g/mol. The van der Waals surface area contributed by atoms with Gasteiger partial charge in [-0.2, -0.15) is 13.2 Å². The number of alkyl halides is 3. The fourth-order valence-corrected chi connectivity index (χ4v) is 5.10. The molecule has 31 heavy (non-hydrogen) atoms. The van der Waals surface area contributed by atoms with E-state index in [0.717, 1.165) is 21.7 Å². The molecule has 1 aliphatic rings. The number of thiophene rings is 1. The van der Waals surface area contributed by atoms with Crippen LogP contribution in [0.3, 0.4) is 0 Å². The van der Waals surface area contributed by atoms with E-state index in [1.807, 2.05) is 17.2 Å². The zero-order valence-corrected chi connectivity index (χ0v) is 17.9. The van der Waals surface area contributed by atoms with Crippen molar-refractivity contribution in [1.29, 1.82) is 0 Å². The summed E-state index contributed by atoms with van der Waals surface area (Å²) in [6.45, 7) is 5.27. The molecule has 1 N–H and O–H groups in total. The highest BCUT2D eigenvalue weighted by atomic mass is 32.1. The van der Waals surface area contributed by atoms with Gasteiger partial charge in [0.05, 0.1) is 11.7 Å². The lowest BCUT2D eigenvalue weighted by atomic mass is 9.96. The van der Waals surface area contributed by atoms with Gasteiger partial charge in [0.15, 0.2) is 0 Å². The minimum atomic E-state index is -4.35. The summed E-state index contributed by atoms with van der Waals surface area (Å²) in [4.78, 5) is 4.18. The first kappa shape index (κ1) is 22.0. The predicted molar refractivity (Wildman–Crippen MR) is 116 cm³/mol. The van der Waals surface area contributed by atoms with Crippen LogP contribution >= 0.6 is 11.3 Å². The molecule has 1 aromatic heterocycles. The number of nitrogens with zero attached hydrogens (tertiary/aromatic N) is 2. The van der Waals surface area contributed by atoms with Crippen molar-refractivity contribution in [2.24, 2.45) is 5.92 Å². The second-order valence-electron chi connectivity index (χ2n) is 8.09. The third kappa shape index (κ3) is 4.86. The lowest BCUT2D eigenvalue weighted by Gasteiger charge is -2.38. The van der Waals surface area contributed by atoms with E-state index in [1.54, 1.807) is 12.1 Å². The first-order chi connectivity index (χ1) is 14.7. The summed E-state index contributed by atoms with van der Waals surface area (Å²) in [5.74, 6) is -0.390. The van der Waals surface area contributed by atoms with Crippen LogP contribution in [0.2, 0.25) is 0 Å². The fraction of sp³-hybridized carbons (Fsp3) is 0.391. The Bertz CT molecular complexity index is 1040. The van der Waals surface area contributed by atoms with Crippen LogP contribution in [0.4, 0.5) is 23.2 Å². The average Bonchev–Trinajstić information content (AvgIpc) is 3.16. The maximum absolute atomic E-state index is 13.6. The van der Waals surface area contributed by atoms with Gasteiger partial charge in [0, 0.05) is 48.5 Å². The van der Waals surface area contributed by atoms with Gasteiger partial charge in [0.1, 0.15) is 5.82 Å². The smallest absolute Gasteiger partial charge is 0.388 e. The van der Waals surface area contributed by atoms with Crippen LogP contribution in [0.1, 0.15) is 24.2 Å². The first-order valence-corrected chi connectivity index (χ1v) is 11.1. The minimum Gasteiger partial charge on any atom is -0.388 e. The van der Waals surface area contributed by atoms with Crippen molar-refractivity contribution < 1.29 is 22.7 Å². The molecule has 0 amide bonds. The molecular weight excluding hydrogens is 428 g/mol. The largest absolute Gasteiger partial charge is 0.416 e. The number of fused-ring (bicyclic) bond motifs is 1. The number of aliphatic hydroxyl groups is 1. The molecule has 0 radical (unpaired) electrons. The number of piperazine rings is 1. The first-order valence-electron chi connectivity index (χ1n) is 10.2. The summed E-state index contributed by atoms with van der Waals surface area (Å²) in [5.41, 5.74) is 0.688. The van der Waals surface area contributed by atoms with E-state index in [0.29, 0.717) is 38.4 Å². The Balaban J connectivity index is 1.37. The van der Waals surface area contributed by atoms with Gasteiger partial charge >= 0.3 is 6.18 Å². The van der Waals surface area contributed by atoms with Crippen LogP contribution in [-0.2, 0) is 6.18 Å². The SMILES string of the molecule is CC(CN1CCN(c2cccc(C(F)(F)F)c2)CC1)C(O)c1csc2ccc(F)cc12. The molecule has 4 rings (SSSR count). The summed E-state index contributed by atoms with van der Waals surface area (Å²) in [6.07, 6.45) is -5.06. The number of rotatable bonds is 5. The third-order valence-electron chi connectivity index (χ3n) is 5.88. The molecule has 1 aliphatic heterocycles. The molecule has 8 heteroatoms. The standard InChI is InChI=1S/C23H24F4N2OS/c1-15(22(30)20-14-31-21-6-5-17(24)12-19(20)21)13-28-7-9-29(10-8-28)18-4-2-3-16(11-18)23(25,26)27/h2-6,11-12,14-15,22,30H,7-10,13H2,1H3. The molecule has 0 saturated carbocycles. The van der Waals surface area contributed by atoms with E-state index in [2.05, 4.69) is 4.90 Å². The Hall–Kier alpha value is -2.16. The highest BCUT2D eigenvalue weighted by molar-refractivity contribution is 7.17. The molecule has 1 fully saturated rings. The summed E-state index contributed by atoms with van der Waals surface area (Å²) in [5, 5.41) is 13.5. The van der Waals surface area contributed by atoms with Crippen molar-refractivity contribution >= 4 is 27.1 Å². The topological polar surface area (TPSA) is 26.7 Å². The molecule has 2 atom stereocenters. The lowest BCUT2D eigenvalue weighted by molar-refractivity contribution is -0.137. The lowest BCUT2D eigenvalue weighted by Crippen LogP contribution is -2.48. The Morgan fingerprint density at radius 2 is 1.81 bits per heavy atom. The zero-order valence-electron chi connectivity index (χ0n) is 17.1. The van der Waals surface area contributed by atoms with Crippen LogP contribution in [0.5, 0.6) is 0 Å². The van der Waals surface area contributed by atoms with Gasteiger partial charge in [-0.05, 0) is 53.3 Å². The molecule has 3 aromatic rings. The second kappa shape index (κ2) is 8.76. The van der Waals surface area contributed by atoms with Crippen molar-refractivity contribution in [3.05, 3.63) is 64.8 Å². The molecule has 3 nitrogen and oxygen atoms in total. The van der Waals surface area contributed by atoms with E-state index in [4.69, 9.17) is 0 Å². The molecule has 0 aliphatic carbocycles. The molecule has 2 heterocycles. The number of anilines is 1. The van der Waals surface area contributed by atoms with Gasteiger partial charge in [0.2, 0.25) is 0 Å². The minimum absolute atomic E-state index is 0.0684. The van der Waals surface area contributed by atoms with Crippen molar-refractivity contribution in [1.82, 2.24) is 4.90 Å². The Morgan fingerprint density at radius 3 is 2.52 bits per heavy atom. The molecule has 2 aromatic carbocycles. The van der Waals surface area contributed by atoms with E-state index >= 15 is 0 Å². The van der Waals surface area contributed by atoms with E-state index in [9.17, 15) is 22.7 Å². The van der Waals surface area contributed by atoms with Gasteiger partial charge in [-0.1, -0.05) is 13.0 Å².